The molecule has 112 valence electrons. The smallest absolute Gasteiger partial charge is 0.336 e. The van der Waals surface area contributed by atoms with E-state index in [0.717, 1.165) is 19.3 Å². The molecule has 0 fully saturated rings. The molecule has 6 nitrogen and oxygen atoms in total. The number of nitrogens with zero attached hydrogens (tertiary/aromatic N) is 2. The zero-order valence-electron chi connectivity index (χ0n) is 12.1. The first-order chi connectivity index (χ1) is 10.1. The molecule has 0 aliphatic carbocycles. The predicted molar refractivity (Wildman–Crippen MR) is 75.4 cm³/mol. The van der Waals surface area contributed by atoms with Crippen LogP contribution in [0.25, 0.3) is 0 Å². The van der Waals surface area contributed by atoms with Crippen molar-refractivity contribution in [3.63, 3.8) is 0 Å². The molecule has 0 aliphatic heterocycles. The number of ether oxygens (including phenoxy) is 1. The minimum atomic E-state index is -0.974. The Morgan fingerprint density at radius 3 is 2.95 bits per heavy atom. The molecule has 0 unspecified atom stereocenters. The number of hydrogen-bond donors (Lipinski definition) is 1. The van der Waals surface area contributed by atoms with E-state index in [1.807, 2.05) is 0 Å². The summed E-state index contributed by atoms with van der Waals surface area (Å²) in [5, 5.41) is 12.9. The Hall–Kier alpha value is -2.37. The van der Waals surface area contributed by atoms with Crippen LogP contribution in [-0.4, -0.2) is 21.2 Å². The van der Waals surface area contributed by atoms with Crippen LogP contribution in [0, 0.1) is 6.92 Å². The van der Waals surface area contributed by atoms with Gasteiger partial charge in [0.2, 0.25) is 0 Å². The second-order valence-corrected chi connectivity index (χ2v) is 4.73. The molecule has 0 radical (unpaired) electrons. The van der Waals surface area contributed by atoms with Gasteiger partial charge in [-0.15, -0.1) is 0 Å². The van der Waals surface area contributed by atoms with Crippen molar-refractivity contribution in [3.05, 3.63) is 41.0 Å². The van der Waals surface area contributed by atoms with Gasteiger partial charge in [-0.1, -0.05) is 24.6 Å². The highest BCUT2D eigenvalue weighted by atomic mass is 16.5. The second kappa shape index (κ2) is 6.88. The minimum Gasteiger partial charge on any atom is -0.483 e. The first kappa shape index (κ1) is 15.0. The van der Waals surface area contributed by atoms with Gasteiger partial charge in [-0.2, -0.15) is 4.98 Å². The standard InChI is InChI=1S/C15H18N2O4/c1-3-4-8-13-16-14(21-17-13)9-20-12-7-5-6-11(10(12)2)15(18)19/h5-7H,3-4,8-9H2,1-2H3,(H,18,19). The molecule has 1 aromatic carbocycles. The molecule has 1 aromatic heterocycles. The highest BCUT2D eigenvalue weighted by molar-refractivity contribution is 5.90. The lowest BCUT2D eigenvalue weighted by molar-refractivity contribution is 0.0695. The van der Waals surface area contributed by atoms with E-state index in [4.69, 9.17) is 14.4 Å². The Labute approximate surface area is 122 Å². The van der Waals surface area contributed by atoms with Crippen molar-refractivity contribution in [2.24, 2.45) is 0 Å². The fourth-order valence-electron chi connectivity index (χ4n) is 1.93. The number of benzene rings is 1. The normalized spacial score (nSPS) is 10.6. The van der Waals surface area contributed by atoms with Crippen molar-refractivity contribution < 1.29 is 19.2 Å². The molecule has 0 atom stereocenters. The number of unbranched alkanes of at least 4 members (excludes halogenated alkanes) is 1. The lowest BCUT2D eigenvalue weighted by Gasteiger charge is -2.08. The van der Waals surface area contributed by atoms with E-state index < -0.39 is 5.97 Å². The summed E-state index contributed by atoms with van der Waals surface area (Å²) >= 11 is 0. The number of aryl methyl sites for hydroxylation is 1. The molecular formula is C15H18N2O4. The maximum absolute atomic E-state index is 11.1. The fraction of sp³-hybridized carbons (Fsp3) is 0.400. The third-order valence-electron chi connectivity index (χ3n) is 3.13. The third kappa shape index (κ3) is 3.81. The van der Waals surface area contributed by atoms with Crippen LogP contribution in [-0.2, 0) is 13.0 Å². The number of rotatable bonds is 7. The van der Waals surface area contributed by atoms with Gasteiger partial charge in [0.1, 0.15) is 5.75 Å². The Kier molecular flexibility index (Phi) is 4.92. The Balaban J connectivity index is 2.01. The van der Waals surface area contributed by atoms with Crippen LogP contribution in [0.1, 0.15) is 47.4 Å². The quantitative estimate of drug-likeness (QED) is 0.843. The van der Waals surface area contributed by atoms with E-state index in [1.54, 1.807) is 25.1 Å². The molecule has 0 saturated carbocycles. The molecule has 1 heterocycles. The molecule has 21 heavy (non-hydrogen) atoms. The average molecular weight is 290 g/mol. The molecule has 1 N–H and O–H groups in total. The average Bonchev–Trinajstić information content (AvgIpc) is 2.91. The number of carbonyl (C=O) groups is 1. The zero-order chi connectivity index (χ0) is 15.2. The molecule has 6 heteroatoms. The molecule has 0 saturated heterocycles. The van der Waals surface area contributed by atoms with Gasteiger partial charge in [0.25, 0.3) is 5.89 Å². The summed E-state index contributed by atoms with van der Waals surface area (Å²) in [5.74, 6) is 0.591. The topological polar surface area (TPSA) is 85.5 Å². The van der Waals surface area contributed by atoms with Crippen LogP contribution in [0.4, 0.5) is 0 Å². The summed E-state index contributed by atoms with van der Waals surface area (Å²) in [6, 6.07) is 4.91. The van der Waals surface area contributed by atoms with Gasteiger partial charge in [0.15, 0.2) is 12.4 Å². The van der Waals surface area contributed by atoms with Crippen molar-refractivity contribution in [1.29, 1.82) is 0 Å². The molecule has 0 spiro atoms. The maximum Gasteiger partial charge on any atom is 0.336 e. The first-order valence-electron chi connectivity index (χ1n) is 6.89. The van der Waals surface area contributed by atoms with Crippen LogP contribution in [0.3, 0.4) is 0 Å². The van der Waals surface area contributed by atoms with Crippen LogP contribution in [0.15, 0.2) is 22.7 Å². The van der Waals surface area contributed by atoms with Crippen molar-refractivity contribution in [3.8, 4) is 5.75 Å². The number of aromatic carboxylic acids is 1. The lowest BCUT2D eigenvalue weighted by Crippen LogP contribution is -2.03. The molecule has 0 bridgehead atoms. The highest BCUT2D eigenvalue weighted by Crippen LogP contribution is 2.22. The van der Waals surface area contributed by atoms with E-state index in [2.05, 4.69) is 17.1 Å². The summed E-state index contributed by atoms with van der Waals surface area (Å²) in [7, 11) is 0. The van der Waals surface area contributed by atoms with Gasteiger partial charge in [0, 0.05) is 12.0 Å². The third-order valence-corrected chi connectivity index (χ3v) is 3.13. The highest BCUT2D eigenvalue weighted by Gasteiger charge is 2.12. The second-order valence-electron chi connectivity index (χ2n) is 4.73. The van der Waals surface area contributed by atoms with E-state index in [-0.39, 0.29) is 12.2 Å². The van der Waals surface area contributed by atoms with Crippen molar-refractivity contribution in [2.45, 2.75) is 39.7 Å². The van der Waals surface area contributed by atoms with Gasteiger partial charge in [-0.25, -0.2) is 4.79 Å². The number of carboxylic acids is 1. The largest absolute Gasteiger partial charge is 0.483 e. The van der Waals surface area contributed by atoms with E-state index in [1.165, 1.54) is 0 Å². The Bertz CT molecular complexity index is 622. The Morgan fingerprint density at radius 1 is 1.43 bits per heavy atom. The molecule has 2 rings (SSSR count). The van der Waals surface area contributed by atoms with Gasteiger partial charge in [0.05, 0.1) is 5.56 Å². The van der Waals surface area contributed by atoms with Gasteiger partial charge in [-0.3, -0.25) is 0 Å². The van der Waals surface area contributed by atoms with E-state index in [9.17, 15) is 4.79 Å². The first-order valence-corrected chi connectivity index (χ1v) is 6.89. The molecule has 0 aliphatic rings. The van der Waals surface area contributed by atoms with E-state index in [0.29, 0.717) is 23.0 Å². The molecule has 0 amide bonds. The minimum absolute atomic E-state index is 0.128. The van der Waals surface area contributed by atoms with Gasteiger partial charge in [-0.05, 0) is 25.5 Å². The summed E-state index contributed by atoms with van der Waals surface area (Å²) in [4.78, 5) is 15.3. The van der Waals surface area contributed by atoms with Crippen LogP contribution in [0.2, 0.25) is 0 Å². The summed E-state index contributed by atoms with van der Waals surface area (Å²) < 4.78 is 10.7. The fourth-order valence-corrected chi connectivity index (χ4v) is 1.93. The molecular weight excluding hydrogens is 272 g/mol. The van der Waals surface area contributed by atoms with Crippen LogP contribution < -0.4 is 4.74 Å². The molecule has 2 aromatic rings. The number of carboxylic acid groups (broad SMARTS) is 1. The maximum atomic E-state index is 11.1. The van der Waals surface area contributed by atoms with Gasteiger partial charge >= 0.3 is 5.97 Å². The zero-order valence-corrected chi connectivity index (χ0v) is 12.1. The van der Waals surface area contributed by atoms with Crippen molar-refractivity contribution >= 4 is 5.97 Å². The number of aromatic nitrogens is 2. The van der Waals surface area contributed by atoms with E-state index >= 15 is 0 Å². The number of hydrogen-bond acceptors (Lipinski definition) is 5. The van der Waals surface area contributed by atoms with Gasteiger partial charge < -0.3 is 14.4 Å². The van der Waals surface area contributed by atoms with Crippen molar-refractivity contribution in [2.75, 3.05) is 0 Å². The monoisotopic (exact) mass is 290 g/mol. The van der Waals surface area contributed by atoms with Crippen LogP contribution in [0.5, 0.6) is 5.75 Å². The van der Waals surface area contributed by atoms with Crippen molar-refractivity contribution in [1.82, 2.24) is 10.1 Å². The summed E-state index contributed by atoms with van der Waals surface area (Å²) in [6.07, 6.45) is 2.87. The SMILES string of the molecule is CCCCc1noc(COc2cccc(C(=O)O)c2C)n1. The lowest BCUT2D eigenvalue weighted by atomic mass is 10.1. The summed E-state index contributed by atoms with van der Waals surface area (Å²) in [5.41, 5.74) is 0.803. The Morgan fingerprint density at radius 2 is 2.24 bits per heavy atom. The van der Waals surface area contributed by atoms with Crippen LogP contribution >= 0.6 is 0 Å². The summed E-state index contributed by atoms with van der Waals surface area (Å²) in [6.45, 7) is 3.94. The predicted octanol–water partition coefficient (Wildman–Crippen LogP) is 3.00.